The van der Waals surface area contributed by atoms with Gasteiger partial charge in [0.2, 0.25) is 0 Å². The Morgan fingerprint density at radius 3 is 2.18 bits per heavy atom. The smallest absolute Gasteiger partial charge is 0.132 e. The zero-order valence-electron chi connectivity index (χ0n) is 11.4. The molecule has 96 valence electrons. The van der Waals surface area contributed by atoms with Crippen molar-refractivity contribution in [2.24, 2.45) is 0 Å². The van der Waals surface area contributed by atoms with Crippen molar-refractivity contribution in [3.05, 3.63) is 36.5 Å². The van der Waals surface area contributed by atoms with Gasteiger partial charge in [-0.3, -0.25) is 4.79 Å². The van der Waals surface area contributed by atoms with Gasteiger partial charge in [-0.25, -0.2) is 0 Å². The molecule has 0 saturated heterocycles. The van der Waals surface area contributed by atoms with E-state index in [1.807, 2.05) is 6.08 Å². The maximum Gasteiger partial charge on any atom is 0.132 e. The molecule has 1 aliphatic rings. The van der Waals surface area contributed by atoms with Crippen LogP contribution in [-0.4, -0.2) is 5.78 Å². The van der Waals surface area contributed by atoms with E-state index in [-0.39, 0.29) is 0 Å². The molecule has 0 heterocycles. The molecule has 0 aliphatic heterocycles. The van der Waals surface area contributed by atoms with Crippen LogP contribution in [0.3, 0.4) is 0 Å². The lowest BCUT2D eigenvalue weighted by Crippen LogP contribution is -2.02. The molecule has 0 amide bonds. The summed E-state index contributed by atoms with van der Waals surface area (Å²) in [5.41, 5.74) is 2.49. The number of Topliss-reactive ketones (excluding diaryl/α,β-unsaturated/α-hetero) is 1. The van der Waals surface area contributed by atoms with Crippen molar-refractivity contribution >= 4 is 5.78 Å². The minimum atomic E-state index is 0.464. The Labute approximate surface area is 106 Å². The Morgan fingerprint density at radius 2 is 1.82 bits per heavy atom. The molecule has 1 rings (SSSR count). The maximum absolute atomic E-state index is 10.5. The molecule has 0 spiro atoms. The van der Waals surface area contributed by atoms with E-state index in [0.717, 1.165) is 44.1 Å². The molecular formula is C16H26O. The highest BCUT2D eigenvalue weighted by atomic mass is 16.1. The van der Waals surface area contributed by atoms with Crippen LogP contribution in [0.1, 0.15) is 58.8 Å². The minimum absolute atomic E-state index is 0.464. The van der Waals surface area contributed by atoms with Crippen molar-refractivity contribution < 1.29 is 4.79 Å². The van der Waals surface area contributed by atoms with Crippen molar-refractivity contribution in [1.82, 2.24) is 0 Å². The average Bonchev–Trinajstić information content (AvgIpc) is 2.30. The molecule has 0 N–H and O–H groups in total. The third kappa shape index (κ3) is 11.2. The van der Waals surface area contributed by atoms with E-state index in [1.165, 1.54) is 12.0 Å². The van der Waals surface area contributed by atoms with Crippen LogP contribution in [-0.2, 0) is 4.79 Å². The van der Waals surface area contributed by atoms with E-state index >= 15 is 0 Å². The molecule has 17 heavy (non-hydrogen) atoms. The quantitative estimate of drug-likeness (QED) is 0.494. The molecule has 0 aromatic rings. The van der Waals surface area contributed by atoms with E-state index in [1.54, 1.807) is 0 Å². The molecule has 0 atom stereocenters. The van der Waals surface area contributed by atoms with Gasteiger partial charge in [-0.15, -0.1) is 0 Å². The topological polar surface area (TPSA) is 17.1 Å². The molecule has 1 nitrogen and oxygen atoms in total. The van der Waals surface area contributed by atoms with Crippen LogP contribution in [0.25, 0.3) is 0 Å². The van der Waals surface area contributed by atoms with E-state index in [0.29, 0.717) is 5.78 Å². The lowest BCUT2D eigenvalue weighted by Gasteiger charge is -2.05. The van der Waals surface area contributed by atoms with Gasteiger partial charge in [-0.05, 0) is 39.5 Å². The Hall–Kier alpha value is -1.11. The molecule has 0 radical (unpaired) electrons. The second-order valence-electron chi connectivity index (χ2n) is 4.78. The number of allylic oxidation sites excluding steroid dienone is 4. The van der Waals surface area contributed by atoms with Crippen molar-refractivity contribution in [3.8, 4) is 0 Å². The largest absolute Gasteiger partial charge is 0.300 e. The molecule has 1 saturated carbocycles. The third-order valence-electron chi connectivity index (χ3n) is 2.72. The Kier molecular flexibility index (Phi) is 9.41. The van der Waals surface area contributed by atoms with Gasteiger partial charge in [0, 0.05) is 12.8 Å². The molecule has 1 heteroatoms. The average molecular weight is 234 g/mol. The van der Waals surface area contributed by atoms with E-state index < -0.39 is 0 Å². The standard InChI is InChI=1S/C10H16.C6H10O/c1-5-10(4)8-6-7-9(2)3;7-6-4-2-1-3-5-6/h5,7H,1,4,6,8H2,2-3H3;1-5H2. The molecule has 0 unspecified atom stereocenters. The fourth-order valence-corrected chi connectivity index (χ4v) is 1.59. The van der Waals surface area contributed by atoms with Gasteiger partial charge in [0.1, 0.15) is 5.78 Å². The molecular weight excluding hydrogens is 208 g/mol. The first-order chi connectivity index (χ1) is 8.06. The summed E-state index contributed by atoms with van der Waals surface area (Å²) >= 11 is 0. The summed E-state index contributed by atoms with van der Waals surface area (Å²) < 4.78 is 0. The van der Waals surface area contributed by atoms with Gasteiger partial charge >= 0.3 is 0 Å². The molecule has 0 aromatic carbocycles. The SMILES string of the molecule is C=CC(=C)CCC=C(C)C.O=C1CCCCC1. The third-order valence-corrected chi connectivity index (χ3v) is 2.72. The van der Waals surface area contributed by atoms with Crippen molar-refractivity contribution in [2.45, 2.75) is 58.8 Å². The summed E-state index contributed by atoms with van der Waals surface area (Å²) in [6.45, 7) is 11.7. The first-order valence-electron chi connectivity index (χ1n) is 6.51. The van der Waals surface area contributed by atoms with Crippen LogP contribution in [0.2, 0.25) is 0 Å². The van der Waals surface area contributed by atoms with Gasteiger partial charge in [-0.2, -0.15) is 0 Å². The van der Waals surface area contributed by atoms with E-state index in [9.17, 15) is 4.79 Å². The first kappa shape index (κ1) is 15.9. The predicted molar refractivity (Wildman–Crippen MR) is 76.1 cm³/mol. The molecule has 1 fully saturated rings. The fraction of sp³-hybridized carbons (Fsp3) is 0.562. The second kappa shape index (κ2) is 10.1. The second-order valence-corrected chi connectivity index (χ2v) is 4.78. The highest BCUT2D eigenvalue weighted by Crippen LogP contribution is 2.12. The number of hydrogen-bond acceptors (Lipinski definition) is 1. The zero-order chi connectivity index (χ0) is 13.1. The van der Waals surface area contributed by atoms with Crippen LogP contribution in [0.15, 0.2) is 36.5 Å². The number of carbonyl (C=O) groups is 1. The fourth-order valence-electron chi connectivity index (χ4n) is 1.59. The summed E-state index contributed by atoms with van der Waals surface area (Å²) in [6, 6.07) is 0. The van der Waals surface area contributed by atoms with E-state index in [2.05, 4.69) is 33.1 Å². The lowest BCUT2D eigenvalue weighted by molar-refractivity contribution is -0.120. The van der Waals surface area contributed by atoms with Crippen LogP contribution < -0.4 is 0 Å². The first-order valence-corrected chi connectivity index (χ1v) is 6.51. The number of ketones is 1. The Bertz CT molecular complexity index is 272. The van der Waals surface area contributed by atoms with Crippen LogP contribution in [0.4, 0.5) is 0 Å². The van der Waals surface area contributed by atoms with Crippen LogP contribution >= 0.6 is 0 Å². The monoisotopic (exact) mass is 234 g/mol. The zero-order valence-corrected chi connectivity index (χ0v) is 11.4. The number of hydrogen-bond donors (Lipinski definition) is 0. The van der Waals surface area contributed by atoms with Crippen molar-refractivity contribution in [2.75, 3.05) is 0 Å². The highest BCUT2D eigenvalue weighted by Gasteiger charge is 2.05. The Balaban J connectivity index is 0.000000318. The molecule has 0 aromatic heterocycles. The summed E-state index contributed by atoms with van der Waals surface area (Å²) in [5.74, 6) is 0.464. The maximum atomic E-state index is 10.5. The number of carbonyl (C=O) groups excluding carboxylic acids is 1. The Morgan fingerprint density at radius 1 is 1.24 bits per heavy atom. The lowest BCUT2D eigenvalue weighted by atomic mass is 10.00. The minimum Gasteiger partial charge on any atom is -0.300 e. The van der Waals surface area contributed by atoms with Crippen molar-refractivity contribution in [1.29, 1.82) is 0 Å². The van der Waals surface area contributed by atoms with Gasteiger partial charge in [-0.1, -0.05) is 42.9 Å². The normalized spacial score (nSPS) is 14.4. The van der Waals surface area contributed by atoms with Gasteiger partial charge in [0.15, 0.2) is 0 Å². The van der Waals surface area contributed by atoms with Gasteiger partial charge in [0.25, 0.3) is 0 Å². The van der Waals surface area contributed by atoms with E-state index in [4.69, 9.17) is 0 Å². The van der Waals surface area contributed by atoms with Crippen molar-refractivity contribution in [3.63, 3.8) is 0 Å². The molecule has 0 bridgehead atoms. The predicted octanol–water partition coefficient (Wildman–Crippen LogP) is 4.99. The molecule has 1 aliphatic carbocycles. The number of rotatable bonds is 4. The summed E-state index contributed by atoms with van der Waals surface area (Å²) in [6.07, 6.45) is 11.4. The summed E-state index contributed by atoms with van der Waals surface area (Å²) in [5, 5.41) is 0. The van der Waals surface area contributed by atoms with Gasteiger partial charge < -0.3 is 0 Å². The summed E-state index contributed by atoms with van der Waals surface area (Å²) in [7, 11) is 0. The van der Waals surface area contributed by atoms with Crippen LogP contribution in [0.5, 0.6) is 0 Å². The van der Waals surface area contributed by atoms with Crippen LogP contribution in [0, 0.1) is 0 Å². The van der Waals surface area contributed by atoms with Gasteiger partial charge in [0.05, 0.1) is 0 Å². The summed E-state index contributed by atoms with van der Waals surface area (Å²) in [4.78, 5) is 10.5. The highest BCUT2D eigenvalue weighted by molar-refractivity contribution is 5.78.